The number of hydrogen-bond acceptors (Lipinski definition) is 6. The molecule has 0 aliphatic carbocycles. The molecule has 3 amide bonds. The molecule has 0 radical (unpaired) electrons. The Morgan fingerprint density at radius 2 is 1.61 bits per heavy atom. The van der Waals surface area contributed by atoms with E-state index in [1.165, 1.54) is 30.0 Å². The van der Waals surface area contributed by atoms with E-state index in [9.17, 15) is 14.4 Å². The van der Waals surface area contributed by atoms with Crippen molar-refractivity contribution in [1.29, 1.82) is 0 Å². The molecular formula is C25H21ClN6O3S. The van der Waals surface area contributed by atoms with Gasteiger partial charge in [-0.15, -0.1) is 10.2 Å². The SMILES string of the molecule is Cc1cccc(-n2c(SCC(=O)Nc3cc(C(N)=O)cc(C(N)=O)c3)nnc2-c2ccc(Cl)cc2)c1. The summed E-state index contributed by atoms with van der Waals surface area (Å²) in [7, 11) is 0. The van der Waals surface area contributed by atoms with Gasteiger partial charge < -0.3 is 16.8 Å². The molecule has 0 atom stereocenters. The highest BCUT2D eigenvalue weighted by atomic mass is 35.5. The molecule has 182 valence electrons. The Kier molecular flexibility index (Phi) is 7.37. The Balaban J connectivity index is 1.60. The van der Waals surface area contributed by atoms with Gasteiger partial charge in [0.1, 0.15) is 0 Å². The van der Waals surface area contributed by atoms with Crippen molar-refractivity contribution >= 4 is 46.8 Å². The summed E-state index contributed by atoms with van der Waals surface area (Å²) in [5, 5.41) is 12.5. The van der Waals surface area contributed by atoms with Crippen molar-refractivity contribution in [2.45, 2.75) is 12.1 Å². The number of rotatable bonds is 8. The Morgan fingerprint density at radius 1 is 0.944 bits per heavy atom. The molecular weight excluding hydrogens is 500 g/mol. The van der Waals surface area contributed by atoms with Crippen LogP contribution in [0.1, 0.15) is 26.3 Å². The van der Waals surface area contributed by atoms with E-state index >= 15 is 0 Å². The maximum atomic E-state index is 12.7. The first kappa shape index (κ1) is 25.0. The maximum absolute atomic E-state index is 12.7. The van der Waals surface area contributed by atoms with Crippen LogP contribution in [0.4, 0.5) is 5.69 Å². The topological polar surface area (TPSA) is 146 Å². The molecule has 0 saturated carbocycles. The molecule has 11 heteroatoms. The van der Waals surface area contributed by atoms with Gasteiger partial charge in [0.25, 0.3) is 0 Å². The van der Waals surface area contributed by atoms with E-state index in [-0.39, 0.29) is 28.5 Å². The number of hydrogen-bond donors (Lipinski definition) is 3. The molecule has 0 aliphatic heterocycles. The molecule has 0 aliphatic rings. The molecule has 0 saturated heterocycles. The van der Waals surface area contributed by atoms with Crippen LogP contribution in [-0.4, -0.2) is 38.2 Å². The number of thioether (sulfide) groups is 1. The van der Waals surface area contributed by atoms with Crippen molar-refractivity contribution in [3.8, 4) is 17.1 Å². The number of nitrogens with two attached hydrogens (primary N) is 2. The van der Waals surface area contributed by atoms with E-state index in [0.29, 0.717) is 16.0 Å². The first-order valence-corrected chi connectivity index (χ1v) is 12.0. The fourth-order valence-electron chi connectivity index (χ4n) is 3.46. The Bertz CT molecular complexity index is 1440. The standard InChI is InChI=1S/C25H21ClN6O3S/c1-14-3-2-4-20(9-14)32-24(15-5-7-18(26)8-6-15)30-31-25(32)36-13-21(33)29-19-11-16(22(27)34)10-17(12-19)23(28)35/h2-12H,13H2,1H3,(H2,27,34)(H2,28,35)(H,29,33). The number of halogens is 1. The van der Waals surface area contributed by atoms with E-state index in [1.807, 2.05) is 47.9 Å². The summed E-state index contributed by atoms with van der Waals surface area (Å²) in [4.78, 5) is 35.9. The molecule has 1 aromatic heterocycles. The second-order valence-electron chi connectivity index (χ2n) is 7.85. The predicted molar refractivity (Wildman–Crippen MR) is 139 cm³/mol. The molecule has 1 heterocycles. The number of aromatic nitrogens is 3. The van der Waals surface area contributed by atoms with Crippen LogP contribution < -0.4 is 16.8 Å². The van der Waals surface area contributed by atoms with E-state index in [2.05, 4.69) is 15.5 Å². The Morgan fingerprint density at radius 3 is 2.22 bits per heavy atom. The first-order chi connectivity index (χ1) is 17.2. The van der Waals surface area contributed by atoms with Crippen molar-refractivity contribution < 1.29 is 14.4 Å². The lowest BCUT2D eigenvalue weighted by Crippen LogP contribution is -2.19. The van der Waals surface area contributed by atoms with Gasteiger partial charge in [0.05, 0.1) is 5.75 Å². The Hall–Kier alpha value is -4.15. The molecule has 4 rings (SSSR count). The number of anilines is 1. The molecule has 36 heavy (non-hydrogen) atoms. The van der Waals surface area contributed by atoms with Gasteiger partial charge in [-0.3, -0.25) is 19.0 Å². The van der Waals surface area contributed by atoms with Crippen molar-refractivity contribution in [3.63, 3.8) is 0 Å². The lowest BCUT2D eigenvalue weighted by atomic mass is 10.1. The number of primary amides is 2. The second kappa shape index (κ2) is 10.6. The van der Waals surface area contributed by atoms with Crippen LogP contribution in [0.15, 0.2) is 71.9 Å². The van der Waals surface area contributed by atoms with Crippen LogP contribution in [-0.2, 0) is 4.79 Å². The highest BCUT2D eigenvalue weighted by Gasteiger charge is 2.18. The van der Waals surface area contributed by atoms with E-state index in [4.69, 9.17) is 23.1 Å². The maximum Gasteiger partial charge on any atom is 0.248 e. The summed E-state index contributed by atoms with van der Waals surface area (Å²) < 4.78 is 1.87. The van der Waals surface area contributed by atoms with Crippen LogP contribution in [0.5, 0.6) is 0 Å². The third kappa shape index (κ3) is 5.73. The molecule has 0 unspecified atom stereocenters. The largest absolute Gasteiger partial charge is 0.366 e. The molecule has 5 N–H and O–H groups in total. The van der Waals surface area contributed by atoms with Gasteiger partial charge in [-0.25, -0.2) is 0 Å². The van der Waals surface area contributed by atoms with Crippen LogP contribution >= 0.6 is 23.4 Å². The number of aryl methyl sites for hydroxylation is 1. The zero-order chi connectivity index (χ0) is 25.8. The molecule has 9 nitrogen and oxygen atoms in total. The summed E-state index contributed by atoms with van der Waals surface area (Å²) in [6.45, 7) is 1.98. The average Bonchev–Trinajstić information content (AvgIpc) is 3.27. The van der Waals surface area contributed by atoms with Crippen LogP contribution in [0.25, 0.3) is 17.1 Å². The monoisotopic (exact) mass is 520 g/mol. The summed E-state index contributed by atoms with van der Waals surface area (Å²) >= 11 is 7.23. The van der Waals surface area contributed by atoms with Crippen LogP contribution in [0.3, 0.4) is 0 Å². The zero-order valence-electron chi connectivity index (χ0n) is 19.1. The Labute approximate surface area is 215 Å². The van der Waals surface area contributed by atoms with Gasteiger partial charge in [-0.1, -0.05) is 35.5 Å². The molecule has 4 aromatic rings. The number of carbonyl (C=O) groups excluding carboxylic acids is 3. The minimum absolute atomic E-state index is 0.0166. The summed E-state index contributed by atoms with van der Waals surface area (Å²) in [6, 6.07) is 19.1. The highest BCUT2D eigenvalue weighted by molar-refractivity contribution is 7.99. The highest BCUT2D eigenvalue weighted by Crippen LogP contribution is 2.29. The minimum Gasteiger partial charge on any atom is -0.366 e. The number of benzene rings is 3. The normalized spacial score (nSPS) is 10.7. The van der Waals surface area contributed by atoms with Gasteiger partial charge in [-0.05, 0) is 67.1 Å². The zero-order valence-corrected chi connectivity index (χ0v) is 20.6. The van der Waals surface area contributed by atoms with Crippen molar-refractivity contribution in [3.05, 3.63) is 88.4 Å². The summed E-state index contributed by atoms with van der Waals surface area (Å²) in [5.41, 5.74) is 13.7. The number of nitrogens with one attached hydrogen (secondary N) is 1. The first-order valence-electron chi connectivity index (χ1n) is 10.7. The minimum atomic E-state index is -0.746. The summed E-state index contributed by atoms with van der Waals surface area (Å²) in [6.07, 6.45) is 0. The fraction of sp³-hybridized carbons (Fsp3) is 0.0800. The predicted octanol–water partition coefficient (Wildman–Crippen LogP) is 3.82. The van der Waals surface area contributed by atoms with Gasteiger partial charge >= 0.3 is 0 Å². The lowest BCUT2D eigenvalue weighted by molar-refractivity contribution is -0.113. The van der Waals surface area contributed by atoms with Gasteiger partial charge in [-0.2, -0.15) is 0 Å². The number of amides is 3. The fourth-order valence-corrected chi connectivity index (χ4v) is 4.34. The molecule has 0 fully saturated rings. The third-order valence-electron chi connectivity index (χ3n) is 5.11. The van der Waals surface area contributed by atoms with Gasteiger partial charge in [0.15, 0.2) is 11.0 Å². The van der Waals surface area contributed by atoms with E-state index in [1.54, 1.807) is 12.1 Å². The average molecular weight is 521 g/mol. The number of nitrogens with zero attached hydrogens (tertiary/aromatic N) is 3. The smallest absolute Gasteiger partial charge is 0.248 e. The molecule has 0 spiro atoms. The quantitative estimate of drug-likeness (QED) is 0.301. The summed E-state index contributed by atoms with van der Waals surface area (Å²) in [5.74, 6) is -1.30. The second-order valence-corrected chi connectivity index (χ2v) is 9.23. The van der Waals surface area contributed by atoms with Crippen molar-refractivity contribution in [2.24, 2.45) is 11.5 Å². The lowest BCUT2D eigenvalue weighted by Gasteiger charge is -2.12. The van der Waals surface area contributed by atoms with E-state index in [0.717, 1.165) is 16.8 Å². The van der Waals surface area contributed by atoms with Crippen molar-refractivity contribution in [2.75, 3.05) is 11.1 Å². The molecule has 3 aromatic carbocycles. The molecule has 0 bridgehead atoms. The van der Waals surface area contributed by atoms with Crippen molar-refractivity contribution in [1.82, 2.24) is 14.8 Å². The number of carbonyl (C=O) groups is 3. The van der Waals surface area contributed by atoms with Crippen LogP contribution in [0.2, 0.25) is 5.02 Å². The van der Waals surface area contributed by atoms with Crippen LogP contribution in [0, 0.1) is 6.92 Å². The van der Waals surface area contributed by atoms with Gasteiger partial charge in [0.2, 0.25) is 17.7 Å². The third-order valence-corrected chi connectivity index (χ3v) is 6.29. The van der Waals surface area contributed by atoms with E-state index < -0.39 is 11.8 Å². The van der Waals surface area contributed by atoms with Gasteiger partial charge in [0, 0.05) is 33.1 Å².